The van der Waals surface area contributed by atoms with E-state index in [9.17, 15) is 14.4 Å². The number of benzene rings is 1. The molecule has 0 aliphatic carbocycles. The van der Waals surface area contributed by atoms with Crippen molar-refractivity contribution in [1.29, 1.82) is 0 Å². The van der Waals surface area contributed by atoms with Gasteiger partial charge < -0.3 is 14.8 Å². The van der Waals surface area contributed by atoms with Gasteiger partial charge in [-0.3, -0.25) is 14.4 Å². The van der Waals surface area contributed by atoms with E-state index in [-0.39, 0.29) is 35.3 Å². The molecule has 142 valence electrons. The minimum absolute atomic E-state index is 0.0406. The largest absolute Gasteiger partial charge is 0.364 e. The van der Waals surface area contributed by atoms with Gasteiger partial charge in [0.15, 0.2) is 5.43 Å². The number of aromatic amines is 1. The van der Waals surface area contributed by atoms with Crippen molar-refractivity contribution < 1.29 is 9.59 Å². The van der Waals surface area contributed by atoms with Gasteiger partial charge in [-0.25, -0.2) is 0 Å². The quantitative estimate of drug-likeness (QED) is 0.901. The summed E-state index contributed by atoms with van der Waals surface area (Å²) in [7, 11) is 0. The summed E-state index contributed by atoms with van der Waals surface area (Å²) in [6.07, 6.45) is 2.47. The number of amides is 2. The van der Waals surface area contributed by atoms with Gasteiger partial charge >= 0.3 is 0 Å². The van der Waals surface area contributed by atoms with Crippen LogP contribution in [0.5, 0.6) is 0 Å². The van der Waals surface area contributed by atoms with Gasteiger partial charge in [0.1, 0.15) is 5.56 Å². The van der Waals surface area contributed by atoms with Gasteiger partial charge in [0.05, 0.1) is 0 Å². The number of nitrogens with zero attached hydrogens (tertiary/aromatic N) is 2. The smallest absolute Gasteiger partial charge is 0.259 e. The lowest BCUT2D eigenvalue weighted by Gasteiger charge is -2.31. The van der Waals surface area contributed by atoms with Crippen molar-refractivity contribution in [3.8, 4) is 0 Å². The number of carbonyl (C=O) groups is 2. The van der Waals surface area contributed by atoms with Crippen LogP contribution in [0, 0.1) is 6.92 Å². The standard InChI is InChI=1S/C21H25N3O3/c1-3-17-14-23(21(27)18-12-22-15(2)11-19(18)25)10-9-20(26)24(17)13-16-7-5-4-6-8-16/h4-8,11-12,17H,3,9-10,13-14H2,1-2H3,(H,22,25). The lowest BCUT2D eigenvalue weighted by Crippen LogP contribution is -2.44. The second-order valence-electron chi connectivity index (χ2n) is 6.96. The molecule has 1 unspecified atom stereocenters. The molecule has 0 bridgehead atoms. The minimum atomic E-state index is -0.316. The number of hydrogen-bond acceptors (Lipinski definition) is 3. The maximum atomic E-state index is 12.9. The fraction of sp³-hybridized carbons (Fsp3) is 0.381. The Hall–Kier alpha value is -2.89. The molecule has 1 aromatic carbocycles. The van der Waals surface area contributed by atoms with Crippen LogP contribution in [-0.4, -0.2) is 45.7 Å². The summed E-state index contributed by atoms with van der Waals surface area (Å²) in [4.78, 5) is 44.2. The van der Waals surface area contributed by atoms with E-state index in [1.54, 1.807) is 11.8 Å². The fourth-order valence-electron chi connectivity index (χ4n) is 3.46. The predicted octanol–water partition coefficient (Wildman–Crippen LogP) is 2.34. The normalized spacial score (nSPS) is 17.7. The van der Waals surface area contributed by atoms with Crippen LogP contribution in [0.2, 0.25) is 0 Å². The van der Waals surface area contributed by atoms with Gasteiger partial charge in [-0.1, -0.05) is 37.3 Å². The Morgan fingerprint density at radius 2 is 1.96 bits per heavy atom. The number of aryl methyl sites for hydroxylation is 1. The zero-order valence-corrected chi connectivity index (χ0v) is 15.8. The van der Waals surface area contributed by atoms with Crippen LogP contribution in [0.25, 0.3) is 0 Å². The van der Waals surface area contributed by atoms with Crippen molar-refractivity contribution in [2.45, 2.75) is 39.3 Å². The van der Waals surface area contributed by atoms with Crippen molar-refractivity contribution in [2.75, 3.05) is 13.1 Å². The Kier molecular flexibility index (Phi) is 5.74. The van der Waals surface area contributed by atoms with Crippen molar-refractivity contribution in [3.63, 3.8) is 0 Å². The van der Waals surface area contributed by atoms with Gasteiger partial charge in [0.25, 0.3) is 5.91 Å². The first kappa shape index (κ1) is 18.9. The molecule has 0 radical (unpaired) electrons. The SMILES string of the molecule is CCC1CN(C(=O)c2c[nH]c(C)cc2=O)CCC(=O)N1Cc1ccccc1. The third kappa shape index (κ3) is 4.27. The Labute approximate surface area is 158 Å². The third-order valence-electron chi connectivity index (χ3n) is 5.03. The first-order valence-electron chi connectivity index (χ1n) is 9.31. The summed E-state index contributed by atoms with van der Waals surface area (Å²) in [6, 6.07) is 11.2. The highest BCUT2D eigenvalue weighted by Crippen LogP contribution is 2.18. The Balaban J connectivity index is 1.81. The van der Waals surface area contributed by atoms with E-state index in [1.165, 1.54) is 12.3 Å². The maximum Gasteiger partial charge on any atom is 0.259 e. The van der Waals surface area contributed by atoms with Crippen molar-refractivity contribution >= 4 is 11.8 Å². The molecule has 6 heteroatoms. The molecule has 0 spiro atoms. The topological polar surface area (TPSA) is 73.5 Å². The highest BCUT2D eigenvalue weighted by atomic mass is 16.2. The van der Waals surface area contributed by atoms with Crippen LogP contribution < -0.4 is 5.43 Å². The molecule has 1 aliphatic heterocycles. The van der Waals surface area contributed by atoms with E-state index < -0.39 is 0 Å². The van der Waals surface area contributed by atoms with Crippen LogP contribution >= 0.6 is 0 Å². The average Bonchev–Trinajstić information content (AvgIpc) is 2.82. The summed E-state index contributed by atoms with van der Waals surface area (Å²) < 4.78 is 0. The molecular formula is C21H25N3O3. The van der Waals surface area contributed by atoms with Crippen LogP contribution in [-0.2, 0) is 11.3 Å². The summed E-state index contributed by atoms with van der Waals surface area (Å²) in [5.74, 6) is -0.275. The molecule has 1 aromatic heterocycles. The molecule has 2 heterocycles. The van der Waals surface area contributed by atoms with E-state index >= 15 is 0 Å². The van der Waals surface area contributed by atoms with Crippen LogP contribution in [0.1, 0.15) is 41.4 Å². The number of pyridine rings is 1. The Bertz CT molecular complexity index is 876. The molecule has 3 rings (SSSR count). The number of aromatic nitrogens is 1. The number of carbonyl (C=O) groups excluding carboxylic acids is 2. The summed E-state index contributed by atoms with van der Waals surface area (Å²) in [6.45, 7) is 5.08. The van der Waals surface area contributed by atoms with E-state index in [2.05, 4.69) is 4.98 Å². The lowest BCUT2D eigenvalue weighted by atomic mass is 10.1. The predicted molar refractivity (Wildman–Crippen MR) is 103 cm³/mol. The molecule has 1 atom stereocenters. The second kappa shape index (κ2) is 8.20. The first-order chi connectivity index (χ1) is 13.0. The highest BCUT2D eigenvalue weighted by Gasteiger charge is 2.31. The van der Waals surface area contributed by atoms with Gasteiger partial charge in [-0.15, -0.1) is 0 Å². The summed E-state index contributed by atoms with van der Waals surface area (Å²) in [5.41, 5.74) is 1.61. The lowest BCUT2D eigenvalue weighted by molar-refractivity contribution is -0.133. The highest BCUT2D eigenvalue weighted by molar-refractivity contribution is 5.94. The van der Waals surface area contributed by atoms with Gasteiger partial charge in [-0.2, -0.15) is 0 Å². The number of H-pyrrole nitrogens is 1. The summed E-state index contributed by atoms with van der Waals surface area (Å²) >= 11 is 0. The van der Waals surface area contributed by atoms with Gasteiger partial charge in [-0.05, 0) is 18.9 Å². The van der Waals surface area contributed by atoms with E-state index in [0.717, 1.165) is 12.0 Å². The Morgan fingerprint density at radius 3 is 2.63 bits per heavy atom. The molecule has 1 aliphatic rings. The fourth-order valence-corrected chi connectivity index (χ4v) is 3.46. The van der Waals surface area contributed by atoms with E-state index in [1.807, 2.05) is 42.2 Å². The molecule has 0 saturated carbocycles. The third-order valence-corrected chi connectivity index (χ3v) is 5.03. The van der Waals surface area contributed by atoms with Crippen molar-refractivity contribution in [3.05, 3.63) is 69.6 Å². The molecule has 1 N–H and O–H groups in total. The minimum Gasteiger partial charge on any atom is -0.364 e. The molecule has 2 aromatic rings. The zero-order valence-electron chi connectivity index (χ0n) is 15.8. The molecule has 6 nitrogen and oxygen atoms in total. The van der Waals surface area contributed by atoms with Crippen molar-refractivity contribution in [2.24, 2.45) is 0 Å². The maximum absolute atomic E-state index is 12.9. The molecule has 27 heavy (non-hydrogen) atoms. The van der Waals surface area contributed by atoms with Crippen LogP contribution in [0.3, 0.4) is 0 Å². The molecular weight excluding hydrogens is 342 g/mol. The number of rotatable bonds is 4. The van der Waals surface area contributed by atoms with Gasteiger partial charge in [0, 0.05) is 50.1 Å². The van der Waals surface area contributed by atoms with Crippen LogP contribution in [0.4, 0.5) is 0 Å². The second-order valence-corrected chi connectivity index (χ2v) is 6.96. The first-order valence-corrected chi connectivity index (χ1v) is 9.31. The molecule has 2 amide bonds. The number of nitrogens with one attached hydrogen (secondary N) is 1. The van der Waals surface area contributed by atoms with Crippen molar-refractivity contribution in [1.82, 2.24) is 14.8 Å². The van der Waals surface area contributed by atoms with Crippen LogP contribution in [0.15, 0.2) is 47.4 Å². The molecule has 1 fully saturated rings. The number of hydrogen-bond donors (Lipinski definition) is 1. The average molecular weight is 367 g/mol. The van der Waals surface area contributed by atoms with Gasteiger partial charge in [0.2, 0.25) is 5.91 Å². The summed E-state index contributed by atoms with van der Waals surface area (Å²) in [5, 5.41) is 0. The Morgan fingerprint density at radius 1 is 1.22 bits per heavy atom. The molecule has 1 saturated heterocycles. The zero-order chi connectivity index (χ0) is 19.4. The van der Waals surface area contributed by atoms with E-state index in [4.69, 9.17) is 0 Å². The monoisotopic (exact) mass is 367 g/mol. The van der Waals surface area contributed by atoms with E-state index in [0.29, 0.717) is 25.3 Å².